The van der Waals surface area contributed by atoms with Crippen molar-refractivity contribution in [1.82, 2.24) is 14.9 Å². The quantitative estimate of drug-likeness (QED) is 0.592. The molecule has 0 bridgehead atoms. The van der Waals surface area contributed by atoms with Crippen LogP contribution in [-0.2, 0) is 16.1 Å². The van der Waals surface area contributed by atoms with Crippen LogP contribution in [0.4, 0.5) is 0 Å². The molecule has 0 radical (unpaired) electrons. The molecule has 8 heteroatoms. The van der Waals surface area contributed by atoms with E-state index in [0.717, 1.165) is 0 Å². The van der Waals surface area contributed by atoms with E-state index >= 15 is 0 Å². The summed E-state index contributed by atoms with van der Waals surface area (Å²) in [4.78, 5) is 37.3. The molecular weight excluding hydrogens is 300 g/mol. The van der Waals surface area contributed by atoms with Gasteiger partial charge in [0.1, 0.15) is 0 Å². The lowest BCUT2D eigenvalue weighted by atomic mass is 10.2. The Balaban J connectivity index is 2.14. The van der Waals surface area contributed by atoms with Crippen molar-refractivity contribution in [2.75, 3.05) is 19.8 Å². The first-order valence-electron chi connectivity index (χ1n) is 7.39. The van der Waals surface area contributed by atoms with E-state index in [1.54, 1.807) is 22.8 Å². The number of primary amides is 1. The molecule has 0 saturated heterocycles. The van der Waals surface area contributed by atoms with Gasteiger partial charge in [-0.1, -0.05) is 0 Å². The van der Waals surface area contributed by atoms with Gasteiger partial charge in [0.2, 0.25) is 5.91 Å². The van der Waals surface area contributed by atoms with Gasteiger partial charge in [0.25, 0.3) is 5.91 Å². The lowest BCUT2D eigenvalue weighted by Crippen LogP contribution is -2.27. The van der Waals surface area contributed by atoms with E-state index < -0.39 is 5.91 Å². The Labute approximate surface area is 132 Å². The van der Waals surface area contributed by atoms with Gasteiger partial charge in [-0.15, -0.1) is 0 Å². The summed E-state index contributed by atoms with van der Waals surface area (Å²) < 4.78 is 6.83. The first-order valence-corrected chi connectivity index (χ1v) is 7.39. The van der Waals surface area contributed by atoms with Crippen molar-refractivity contribution in [3.63, 3.8) is 0 Å². The molecular formula is C15H20N4O4. The number of amides is 2. The van der Waals surface area contributed by atoms with Crippen LogP contribution in [0, 0.1) is 0 Å². The third-order valence-electron chi connectivity index (χ3n) is 3.36. The van der Waals surface area contributed by atoms with Crippen LogP contribution in [0.15, 0.2) is 23.0 Å². The Morgan fingerprint density at radius 2 is 2.17 bits per heavy atom. The molecule has 124 valence electrons. The molecule has 2 amide bonds. The predicted molar refractivity (Wildman–Crippen MR) is 85.2 cm³/mol. The number of ether oxygens (including phenoxy) is 1. The van der Waals surface area contributed by atoms with Crippen LogP contribution in [0.25, 0.3) is 11.0 Å². The monoisotopic (exact) mass is 320 g/mol. The number of imidazole rings is 1. The molecule has 1 aromatic heterocycles. The number of hydrogen-bond donors (Lipinski definition) is 3. The van der Waals surface area contributed by atoms with Crippen LogP contribution in [-0.4, -0.2) is 41.1 Å². The highest BCUT2D eigenvalue weighted by atomic mass is 16.5. The average molecular weight is 320 g/mol. The van der Waals surface area contributed by atoms with Gasteiger partial charge < -0.3 is 20.8 Å². The molecule has 23 heavy (non-hydrogen) atoms. The minimum atomic E-state index is -0.476. The molecule has 1 aromatic carbocycles. The lowest BCUT2D eigenvalue weighted by molar-refractivity contribution is -0.117. The number of H-pyrrole nitrogens is 1. The topological polar surface area (TPSA) is 119 Å². The van der Waals surface area contributed by atoms with Gasteiger partial charge in [-0.3, -0.25) is 14.2 Å². The van der Waals surface area contributed by atoms with Gasteiger partial charge in [0, 0.05) is 25.1 Å². The van der Waals surface area contributed by atoms with Crippen molar-refractivity contribution in [2.24, 2.45) is 5.73 Å². The highest BCUT2D eigenvalue weighted by Gasteiger charge is 2.11. The Hall–Kier alpha value is -2.61. The van der Waals surface area contributed by atoms with Gasteiger partial charge in [0.15, 0.2) is 0 Å². The van der Waals surface area contributed by atoms with E-state index in [1.165, 1.54) is 0 Å². The van der Waals surface area contributed by atoms with Crippen molar-refractivity contribution in [2.45, 2.75) is 19.9 Å². The number of carbonyl (C=O) groups is 2. The zero-order chi connectivity index (χ0) is 16.8. The first-order chi connectivity index (χ1) is 11.0. The van der Waals surface area contributed by atoms with Crippen molar-refractivity contribution in [1.29, 1.82) is 0 Å². The summed E-state index contributed by atoms with van der Waals surface area (Å²) >= 11 is 0. The maximum atomic E-state index is 12.0. The van der Waals surface area contributed by atoms with Crippen molar-refractivity contribution < 1.29 is 14.3 Å². The van der Waals surface area contributed by atoms with Crippen molar-refractivity contribution in [3.05, 3.63) is 34.2 Å². The van der Waals surface area contributed by atoms with Crippen LogP contribution in [0.5, 0.6) is 0 Å². The van der Waals surface area contributed by atoms with Gasteiger partial charge in [-0.2, -0.15) is 0 Å². The molecule has 0 saturated carbocycles. The molecule has 1 heterocycles. The van der Waals surface area contributed by atoms with Crippen LogP contribution < -0.4 is 16.7 Å². The number of nitrogens with two attached hydrogens (primary N) is 1. The molecule has 0 spiro atoms. The van der Waals surface area contributed by atoms with Crippen LogP contribution in [0.3, 0.4) is 0 Å². The maximum absolute atomic E-state index is 12.0. The third kappa shape index (κ3) is 4.19. The second-order valence-electron chi connectivity index (χ2n) is 4.98. The molecule has 0 aliphatic rings. The van der Waals surface area contributed by atoms with E-state index in [0.29, 0.717) is 36.4 Å². The molecule has 8 nitrogen and oxygen atoms in total. The average Bonchev–Trinajstić information content (AvgIpc) is 2.82. The van der Waals surface area contributed by atoms with Crippen molar-refractivity contribution >= 4 is 22.8 Å². The molecule has 0 aliphatic carbocycles. The highest BCUT2D eigenvalue weighted by Crippen LogP contribution is 2.13. The van der Waals surface area contributed by atoms with E-state index in [1.807, 2.05) is 6.92 Å². The minimum Gasteiger partial charge on any atom is -0.380 e. The number of aromatic amines is 1. The standard InChI is InChI=1S/C15H20N4O4/c1-2-23-8-7-19-12-4-3-10(9-11(12)18-15(19)22)14(21)17-6-5-13(16)20/h3-4,9H,2,5-8H2,1H3,(H2,16,20)(H,17,21)(H,18,22). The summed E-state index contributed by atoms with van der Waals surface area (Å²) in [5.41, 5.74) is 6.47. The summed E-state index contributed by atoms with van der Waals surface area (Å²) in [5.74, 6) is -0.799. The number of nitrogens with zero attached hydrogens (tertiary/aromatic N) is 1. The van der Waals surface area contributed by atoms with E-state index in [9.17, 15) is 14.4 Å². The molecule has 2 rings (SSSR count). The first kappa shape index (κ1) is 16.8. The maximum Gasteiger partial charge on any atom is 0.326 e. The van der Waals surface area contributed by atoms with Gasteiger partial charge in [-0.05, 0) is 25.1 Å². The van der Waals surface area contributed by atoms with E-state index in [2.05, 4.69) is 10.3 Å². The smallest absolute Gasteiger partial charge is 0.326 e. The van der Waals surface area contributed by atoms with Gasteiger partial charge >= 0.3 is 5.69 Å². The normalized spacial score (nSPS) is 10.8. The predicted octanol–water partition coefficient (Wildman–Crippen LogP) is -0.0287. The number of rotatable bonds is 8. The third-order valence-corrected chi connectivity index (χ3v) is 3.36. The van der Waals surface area contributed by atoms with E-state index in [-0.39, 0.29) is 24.6 Å². The fourth-order valence-electron chi connectivity index (χ4n) is 2.23. The summed E-state index contributed by atoms with van der Waals surface area (Å²) in [5, 5.41) is 2.60. The van der Waals surface area contributed by atoms with Crippen LogP contribution in [0.1, 0.15) is 23.7 Å². The van der Waals surface area contributed by atoms with Gasteiger partial charge in [-0.25, -0.2) is 4.79 Å². The number of nitrogens with one attached hydrogen (secondary N) is 2. The Morgan fingerprint density at radius 1 is 1.39 bits per heavy atom. The Bertz CT molecular complexity index is 762. The number of aromatic nitrogens is 2. The molecule has 0 aliphatic heterocycles. The second-order valence-corrected chi connectivity index (χ2v) is 4.98. The van der Waals surface area contributed by atoms with E-state index in [4.69, 9.17) is 10.5 Å². The van der Waals surface area contributed by atoms with Crippen molar-refractivity contribution in [3.8, 4) is 0 Å². The number of hydrogen-bond acceptors (Lipinski definition) is 4. The highest BCUT2D eigenvalue weighted by molar-refractivity contribution is 5.97. The molecule has 0 fully saturated rings. The Morgan fingerprint density at radius 3 is 2.87 bits per heavy atom. The van der Waals surface area contributed by atoms with Gasteiger partial charge in [0.05, 0.1) is 24.2 Å². The largest absolute Gasteiger partial charge is 0.380 e. The number of carbonyl (C=O) groups excluding carboxylic acids is 2. The lowest BCUT2D eigenvalue weighted by Gasteiger charge is -2.05. The fraction of sp³-hybridized carbons (Fsp3) is 0.400. The molecule has 0 atom stereocenters. The summed E-state index contributed by atoms with van der Waals surface area (Å²) in [6, 6.07) is 4.95. The fourth-order valence-corrected chi connectivity index (χ4v) is 2.23. The SMILES string of the molecule is CCOCCn1c(=O)[nH]c2cc(C(=O)NCCC(N)=O)ccc21. The Kier molecular flexibility index (Phi) is 5.53. The van der Waals surface area contributed by atoms with Crippen LogP contribution in [0.2, 0.25) is 0 Å². The number of benzene rings is 1. The molecule has 0 unspecified atom stereocenters. The molecule has 2 aromatic rings. The molecule has 4 N–H and O–H groups in total. The summed E-state index contributed by atoms with van der Waals surface area (Å²) in [6.07, 6.45) is 0.0820. The van der Waals surface area contributed by atoms with Crippen LogP contribution >= 0.6 is 0 Å². The zero-order valence-electron chi connectivity index (χ0n) is 12.9. The minimum absolute atomic E-state index is 0.0820. The summed E-state index contributed by atoms with van der Waals surface area (Å²) in [6.45, 7) is 3.54. The number of fused-ring (bicyclic) bond motifs is 1. The second kappa shape index (κ2) is 7.59. The summed E-state index contributed by atoms with van der Waals surface area (Å²) in [7, 11) is 0. The zero-order valence-corrected chi connectivity index (χ0v) is 12.9.